The first-order valence-corrected chi connectivity index (χ1v) is 8.95. The van der Waals surface area contributed by atoms with Crippen LogP contribution in [-0.4, -0.2) is 22.9 Å². The summed E-state index contributed by atoms with van der Waals surface area (Å²) < 4.78 is 5.14. The average Bonchev–Trinajstić information content (AvgIpc) is 3.16. The van der Waals surface area contributed by atoms with Gasteiger partial charge in [0.2, 0.25) is 6.20 Å². The summed E-state index contributed by atoms with van der Waals surface area (Å²) in [6, 6.07) is 14.1. The largest absolute Gasteiger partial charge is 0.497 e. The van der Waals surface area contributed by atoms with Crippen molar-refractivity contribution >= 4 is 39.8 Å². The number of anilines is 3. The molecule has 9 heteroatoms. The molecule has 0 fully saturated rings. The number of thiazole rings is 1. The first-order chi connectivity index (χ1) is 13.5. The number of carbonyl (C=O) groups excluding carboxylic acids is 1. The molecule has 8 nitrogen and oxygen atoms in total. The van der Waals surface area contributed by atoms with Crippen LogP contribution in [0.15, 0.2) is 60.9 Å². The standard InChI is InChI=1S/C19H16N4O4S/c1-27-16-4-2-3-15(11-16)21-18(24)17-12-20-19(28-17)22-14-7-5-13(6-8-14)9-10-23(25)26/h2-12H,1H3,(H,20,22)(H,21,24)/b10-9+. The monoisotopic (exact) mass is 396 g/mol. The van der Waals surface area contributed by atoms with Crippen LogP contribution < -0.4 is 15.4 Å². The topological polar surface area (TPSA) is 106 Å². The van der Waals surface area contributed by atoms with Gasteiger partial charge >= 0.3 is 0 Å². The number of hydrogen-bond donors (Lipinski definition) is 2. The second-order valence-corrected chi connectivity index (χ2v) is 6.59. The van der Waals surface area contributed by atoms with E-state index >= 15 is 0 Å². The average molecular weight is 396 g/mol. The van der Waals surface area contributed by atoms with Gasteiger partial charge in [-0.1, -0.05) is 29.5 Å². The highest BCUT2D eigenvalue weighted by atomic mass is 32.1. The maximum atomic E-state index is 12.4. The molecule has 142 valence electrons. The zero-order valence-electron chi connectivity index (χ0n) is 14.8. The lowest BCUT2D eigenvalue weighted by molar-refractivity contribution is -0.400. The molecule has 0 aliphatic heterocycles. The summed E-state index contributed by atoms with van der Waals surface area (Å²) in [5.74, 6) is 0.389. The van der Waals surface area contributed by atoms with Gasteiger partial charge in [0.15, 0.2) is 5.13 Å². The van der Waals surface area contributed by atoms with Crippen LogP contribution in [0.3, 0.4) is 0 Å². The summed E-state index contributed by atoms with van der Waals surface area (Å²) in [7, 11) is 1.56. The molecule has 0 radical (unpaired) electrons. The van der Waals surface area contributed by atoms with Gasteiger partial charge < -0.3 is 15.4 Å². The molecular formula is C19H16N4O4S. The van der Waals surface area contributed by atoms with Crippen LogP contribution in [0.5, 0.6) is 5.75 Å². The molecule has 0 saturated carbocycles. The fourth-order valence-electron chi connectivity index (χ4n) is 2.28. The fraction of sp³-hybridized carbons (Fsp3) is 0.0526. The van der Waals surface area contributed by atoms with Gasteiger partial charge in [-0.05, 0) is 29.8 Å². The number of ether oxygens (including phenoxy) is 1. The van der Waals surface area contributed by atoms with Crippen LogP contribution >= 0.6 is 11.3 Å². The fourth-order valence-corrected chi connectivity index (χ4v) is 3.01. The van der Waals surface area contributed by atoms with Gasteiger partial charge in [0.1, 0.15) is 10.6 Å². The van der Waals surface area contributed by atoms with Crippen molar-refractivity contribution in [1.82, 2.24) is 4.98 Å². The highest BCUT2D eigenvalue weighted by Crippen LogP contribution is 2.24. The molecule has 3 rings (SSSR count). The highest BCUT2D eigenvalue weighted by molar-refractivity contribution is 7.17. The third-order valence-corrected chi connectivity index (χ3v) is 4.52. The molecular weight excluding hydrogens is 380 g/mol. The first kappa shape index (κ1) is 19.1. The maximum absolute atomic E-state index is 12.4. The lowest BCUT2D eigenvalue weighted by Crippen LogP contribution is -2.10. The lowest BCUT2D eigenvalue weighted by atomic mass is 10.2. The van der Waals surface area contributed by atoms with Crippen molar-refractivity contribution in [2.45, 2.75) is 0 Å². The van der Waals surface area contributed by atoms with Gasteiger partial charge in [0.05, 0.1) is 18.2 Å². The molecule has 1 amide bonds. The molecule has 0 spiro atoms. The molecule has 0 aliphatic carbocycles. The number of nitrogens with one attached hydrogen (secondary N) is 2. The Kier molecular flexibility index (Phi) is 5.97. The molecule has 1 aromatic heterocycles. The lowest BCUT2D eigenvalue weighted by Gasteiger charge is -2.05. The minimum absolute atomic E-state index is 0.265. The first-order valence-electron chi connectivity index (χ1n) is 8.13. The second kappa shape index (κ2) is 8.78. The van der Waals surface area contributed by atoms with Crippen LogP contribution in [0.2, 0.25) is 0 Å². The normalized spacial score (nSPS) is 10.6. The van der Waals surface area contributed by atoms with Crippen LogP contribution in [0.1, 0.15) is 15.2 Å². The second-order valence-electron chi connectivity index (χ2n) is 5.56. The van der Waals surface area contributed by atoms with Crippen molar-refractivity contribution in [3.05, 3.63) is 81.5 Å². The third-order valence-electron chi connectivity index (χ3n) is 3.61. The Hall–Kier alpha value is -3.72. The van der Waals surface area contributed by atoms with Gasteiger partial charge in [-0.2, -0.15) is 0 Å². The quantitative estimate of drug-likeness (QED) is 0.453. The SMILES string of the molecule is COc1cccc(NC(=O)c2cnc(Nc3ccc(/C=C/[N+](=O)[O-])cc3)s2)c1. The zero-order chi connectivity index (χ0) is 19.9. The van der Waals surface area contributed by atoms with E-state index in [4.69, 9.17) is 4.74 Å². The summed E-state index contributed by atoms with van der Waals surface area (Å²) >= 11 is 1.21. The molecule has 0 bridgehead atoms. The smallest absolute Gasteiger partial charge is 0.267 e. The minimum atomic E-state index is -0.514. The molecule has 1 heterocycles. The number of benzene rings is 2. The molecule has 0 atom stereocenters. The van der Waals surface area contributed by atoms with E-state index in [-0.39, 0.29) is 5.91 Å². The Morgan fingerprint density at radius 1 is 1.21 bits per heavy atom. The predicted molar refractivity (Wildman–Crippen MR) is 109 cm³/mol. The predicted octanol–water partition coefficient (Wildman–Crippen LogP) is 4.40. The van der Waals surface area contributed by atoms with E-state index in [0.717, 1.165) is 11.9 Å². The number of amides is 1. The molecule has 28 heavy (non-hydrogen) atoms. The molecule has 0 saturated heterocycles. The molecule has 3 aromatic rings. The third kappa shape index (κ3) is 5.15. The van der Waals surface area contributed by atoms with Crippen molar-refractivity contribution < 1.29 is 14.5 Å². The number of rotatable bonds is 7. The van der Waals surface area contributed by atoms with Crippen molar-refractivity contribution in [1.29, 1.82) is 0 Å². The van der Waals surface area contributed by atoms with Crippen LogP contribution in [-0.2, 0) is 0 Å². The molecule has 2 aromatic carbocycles. The van der Waals surface area contributed by atoms with E-state index < -0.39 is 4.92 Å². The number of carbonyl (C=O) groups is 1. The Labute approximate surface area is 164 Å². The van der Waals surface area contributed by atoms with E-state index in [1.807, 2.05) is 0 Å². The molecule has 2 N–H and O–H groups in total. The van der Waals surface area contributed by atoms with Crippen LogP contribution in [0, 0.1) is 10.1 Å². The van der Waals surface area contributed by atoms with Gasteiger partial charge in [-0.25, -0.2) is 4.98 Å². The van der Waals surface area contributed by atoms with E-state index in [2.05, 4.69) is 15.6 Å². The summed E-state index contributed by atoms with van der Waals surface area (Å²) in [5.41, 5.74) is 2.10. The molecule has 0 aliphatic rings. The van der Waals surface area contributed by atoms with Gasteiger partial charge in [0.25, 0.3) is 5.91 Å². The Morgan fingerprint density at radius 3 is 2.71 bits per heavy atom. The van der Waals surface area contributed by atoms with Crippen molar-refractivity contribution in [2.24, 2.45) is 0 Å². The number of nitro groups is 1. The van der Waals surface area contributed by atoms with E-state index in [0.29, 0.717) is 27.0 Å². The van der Waals surface area contributed by atoms with Gasteiger partial charge in [-0.3, -0.25) is 14.9 Å². The van der Waals surface area contributed by atoms with Crippen molar-refractivity contribution in [3.8, 4) is 5.75 Å². The summed E-state index contributed by atoms with van der Waals surface area (Å²) in [5, 5.41) is 16.8. The van der Waals surface area contributed by atoms with Gasteiger partial charge in [0, 0.05) is 23.5 Å². The number of hydrogen-bond acceptors (Lipinski definition) is 7. The minimum Gasteiger partial charge on any atom is -0.497 e. The van der Waals surface area contributed by atoms with E-state index in [1.54, 1.807) is 55.6 Å². The van der Waals surface area contributed by atoms with Gasteiger partial charge in [-0.15, -0.1) is 0 Å². The van der Waals surface area contributed by atoms with Crippen LogP contribution in [0.4, 0.5) is 16.5 Å². The Balaban J connectivity index is 1.63. The maximum Gasteiger partial charge on any atom is 0.267 e. The molecule has 0 unspecified atom stereocenters. The highest BCUT2D eigenvalue weighted by Gasteiger charge is 2.11. The summed E-state index contributed by atoms with van der Waals surface area (Å²) in [4.78, 5) is 26.9. The zero-order valence-corrected chi connectivity index (χ0v) is 15.6. The Morgan fingerprint density at radius 2 is 2.00 bits per heavy atom. The van der Waals surface area contributed by atoms with Crippen LogP contribution in [0.25, 0.3) is 6.08 Å². The number of methoxy groups -OCH3 is 1. The Bertz CT molecular complexity index is 1010. The number of nitrogens with zero attached hydrogens (tertiary/aromatic N) is 2. The summed E-state index contributed by atoms with van der Waals surface area (Å²) in [6.07, 6.45) is 3.79. The van der Waals surface area contributed by atoms with Crippen molar-refractivity contribution in [3.63, 3.8) is 0 Å². The van der Waals surface area contributed by atoms with Crippen molar-refractivity contribution in [2.75, 3.05) is 17.7 Å². The van der Waals surface area contributed by atoms with E-state index in [1.165, 1.54) is 23.6 Å². The van der Waals surface area contributed by atoms with E-state index in [9.17, 15) is 14.9 Å². The number of aromatic nitrogens is 1. The summed E-state index contributed by atoms with van der Waals surface area (Å²) in [6.45, 7) is 0.